The molecule has 0 fully saturated rings. The maximum absolute atomic E-state index is 12.4. The van der Waals surface area contributed by atoms with Gasteiger partial charge in [-0.1, -0.05) is 23.8 Å². The van der Waals surface area contributed by atoms with Gasteiger partial charge in [-0.3, -0.25) is 10.2 Å². The molecule has 0 bridgehead atoms. The first-order valence-corrected chi connectivity index (χ1v) is 8.16. The fraction of sp³-hybridized carbons (Fsp3) is 0.385. The van der Waals surface area contributed by atoms with E-state index >= 15 is 0 Å². The van der Waals surface area contributed by atoms with Crippen LogP contribution in [-0.4, -0.2) is 27.9 Å². The van der Waals surface area contributed by atoms with Gasteiger partial charge in [-0.25, -0.2) is 13.9 Å². The topological polar surface area (TPSA) is 79.5 Å². The molecule has 21 heavy (non-hydrogen) atoms. The molecule has 0 aliphatic carbocycles. The third kappa shape index (κ3) is 5.74. The lowest BCUT2D eigenvalue weighted by molar-refractivity contribution is 0.0321. The Balaban J connectivity index is 2.93. The minimum atomic E-state index is -3.69. The van der Waals surface area contributed by atoms with E-state index in [1.807, 2.05) is 0 Å². The molecular weight excluding hydrogens is 314 g/mol. The van der Waals surface area contributed by atoms with Crippen LogP contribution >= 0.6 is 11.6 Å². The molecule has 0 spiro atoms. The number of benzene rings is 1. The van der Waals surface area contributed by atoms with Crippen LogP contribution in [0.2, 0.25) is 5.02 Å². The zero-order valence-electron chi connectivity index (χ0n) is 12.2. The van der Waals surface area contributed by atoms with Crippen molar-refractivity contribution in [3.63, 3.8) is 0 Å². The summed E-state index contributed by atoms with van der Waals surface area (Å²) < 4.78 is 27.4. The third-order valence-corrected chi connectivity index (χ3v) is 4.46. The molecule has 1 rings (SSSR count). The highest BCUT2D eigenvalue weighted by atomic mass is 35.5. The summed E-state index contributed by atoms with van der Waals surface area (Å²) >= 11 is 5.77. The molecule has 8 heteroatoms. The Labute approximate surface area is 130 Å². The zero-order valence-corrected chi connectivity index (χ0v) is 13.8. The first kappa shape index (κ1) is 18.1. The molecule has 118 valence electrons. The van der Waals surface area contributed by atoms with Gasteiger partial charge in [0.25, 0.3) is 0 Å². The van der Waals surface area contributed by atoms with E-state index in [4.69, 9.17) is 16.4 Å². The number of nitrogens with one attached hydrogen (secondary N) is 3. The summed E-state index contributed by atoms with van der Waals surface area (Å²) in [5, 5.41) is 3.42. The minimum absolute atomic E-state index is 0.125. The standard InChI is InChI=1S/C13H20ClN3O3S/c1-4-9-13(2,16-10-20-15-3)17-21(18,19)12-7-5-11(14)6-8-12/h4-9,15-17H,10H2,1-3H3/b9-4-. The van der Waals surface area contributed by atoms with Gasteiger partial charge in [0.1, 0.15) is 12.4 Å². The normalized spacial score (nSPS) is 15.2. The summed E-state index contributed by atoms with van der Waals surface area (Å²) in [6.45, 7) is 3.62. The molecule has 0 heterocycles. The summed E-state index contributed by atoms with van der Waals surface area (Å²) in [7, 11) is -2.07. The molecule has 1 aromatic rings. The van der Waals surface area contributed by atoms with Crippen molar-refractivity contribution >= 4 is 21.6 Å². The Kier molecular flexibility index (Phi) is 6.79. The van der Waals surface area contributed by atoms with Gasteiger partial charge in [-0.05, 0) is 38.1 Å². The van der Waals surface area contributed by atoms with Gasteiger partial charge in [0.15, 0.2) is 0 Å². The molecule has 0 aliphatic heterocycles. The predicted octanol–water partition coefficient (Wildman–Crippen LogP) is 1.61. The highest BCUT2D eigenvalue weighted by molar-refractivity contribution is 7.89. The summed E-state index contributed by atoms with van der Waals surface area (Å²) in [6, 6.07) is 5.96. The molecule has 0 amide bonds. The molecule has 0 radical (unpaired) electrons. The van der Waals surface area contributed by atoms with Crippen LogP contribution in [-0.2, 0) is 14.9 Å². The molecular formula is C13H20ClN3O3S. The number of hydrogen-bond donors (Lipinski definition) is 3. The average molecular weight is 334 g/mol. The number of rotatable bonds is 8. The maximum Gasteiger partial charge on any atom is 0.242 e. The number of allylic oxidation sites excluding steroid dienone is 1. The molecule has 1 atom stereocenters. The number of sulfonamides is 1. The average Bonchev–Trinajstić information content (AvgIpc) is 2.39. The molecule has 0 saturated carbocycles. The van der Waals surface area contributed by atoms with E-state index in [0.29, 0.717) is 5.02 Å². The van der Waals surface area contributed by atoms with E-state index in [1.54, 1.807) is 33.0 Å². The lowest BCUT2D eigenvalue weighted by Crippen LogP contribution is -2.56. The van der Waals surface area contributed by atoms with Gasteiger partial charge < -0.3 is 0 Å². The lowest BCUT2D eigenvalue weighted by atomic mass is 10.2. The van der Waals surface area contributed by atoms with Crippen molar-refractivity contribution in [2.45, 2.75) is 24.4 Å². The SMILES string of the molecule is C/C=C\C(C)(NCONC)NS(=O)(=O)c1ccc(Cl)cc1. The largest absolute Gasteiger partial charge is 0.287 e. The molecule has 3 N–H and O–H groups in total. The van der Waals surface area contributed by atoms with Crippen LogP contribution in [0.25, 0.3) is 0 Å². The Hall–Kier alpha value is -0.960. The number of hydrogen-bond acceptors (Lipinski definition) is 5. The van der Waals surface area contributed by atoms with E-state index in [0.717, 1.165) is 0 Å². The van der Waals surface area contributed by atoms with Crippen LogP contribution in [0.5, 0.6) is 0 Å². The van der Waals surface area contributed by atoms with Gasteiger partial charge in [-0.15, -0.1) is 0 Å². The minimum Gasteiger partial charge on any atom is -0.287 e. The van der Waals surface area contributed by atoms with Crippen molar-refractivity contribution in [2.24, 2.45) is 0 Å². The van der Waals surface area contributed by atoms with Crippen molar-refractivity contribution in [1.82, 2.24) is 15.5 Å². The first-order valence-electron chi connectivity index (χ1n) is 6.30. The maximum atomic E-state index is 12.4. The Morgan fingerprint density at radius 1 is 1.33 bits per heavy atom. The van der Waals surface area contributed by atoms with Gasteiger partial charge in [-0.2, -0.15) is 4.72 Å². The summed E-state index contributed by atoms with van der Waals surface area (Å²) in [5.74, 6) is 0. The Morgan fingerprint density at radius 2 is 1.95 bits per heavy atom. The van der Waals surface area contributed by atoms with Crippen molar-refractivity contribution in [1.29, 1.82) is 0 Å². The summed E-state index contributed by atoms with van der Waals surface area (Å²) in [4.78, 5) is 5.10. The van der Waals surface area contributed by atoms with Crippen molar-refractivity contribution in [3.05, 3.63) is 41.4 Å². The number of hydroxylamine groups is 1. The molecule has 0 aromatic heterocycles. The second-order valence-electron chi connectivity index (χ2n) is 4.43. The second kappa shape index (κ2) is 7.88. The van der Waals surface area contributed by atoms with Crippen LogP contribution in [0.3, 0.4) is 0 Å². The number of halogens is 1. The van der Waals surface area contributed by atoms with Crippen LogP contribution in [0, 0.1) is 0 Å². The van der Waals surface area contributed by atoms with Crippen molar-refractivity contribution < 1.29 is 13.3 Å². The van der Waals surface area contributed by atoms with E-state index < -0.39 is 15.7 Å². The quantitative estimate of drug-likeness (QED) is 0.291. The first-order chi connectivity index (χ1) is 9.83. The summed E-state index contributed by atoms with van der Waals surface area (Å²) in [5.41, 5.74) is 1.52. The Bertz CT molecular complexity index is 575. The smallest absolute Gasteiger partial charge is 0.242 e. The van der Waals surface area contributed by atoms with E-state index in [1.165, 1.54) is 24.3 Å². The molecule has 0 aliphatic rings. The molecule has 6 nitrogen and oxygen atoms in total. The van der Waals surface area contributed by atoms with E-state index in [9.17, 15) is 8.42 Å². The fourth-order valence-electron chi connectivity index (χ4n) is 1.67. The van der Waals surface area contributed by atoms with Crippen LogP contribution in [0.1, 0.15) is 13.8 Å². The third-order valence-electron chi connectivity index (χ3n) is 2.63. The molecule has 1 unspecified atom stereocenters. The monoisotopic (exact) mass is 333 g/mol. The molecule has 1 aromatic carbocycles. The molecule has 0 saturated heterocycles. The predicted molar refractivity (Wildman–Crippen MR) is 83.1 cm³/mol. The Morgan fingerprint density at radius 3 is 2.48 bits per heavy atom. The van der Waals surface area contributed by atoms with Crippen molar-refractivity contribution in [2.75, 3.05) is 13.8 Å². The van der Waals surface area contributed by atoms with Crippen molar-refractivity contribution in [3.8, 4) is 0 Å². The zero-order chi connectivity index (χ0) is 15.9. The van der Waals surface area contributed by atoms with Gasteiger partial charge in [0.05, 0.1) is 4.90 Å². The van der Waals surface area contributed by atoms with Crippen LogP contribution in [0.15, 0.2) is 41.3 Å². The second-order valence-corrected chi connectivity index (χ2v) is 6.55. The van der Waals surface area contributed by atoms with Gasteiger partial charge >= 0.3 is 0 Å². The van der Waals surface area contributed by atoms with E-state index in [2.05, 4.69) is 15.5 Å². The van der Waals surface area contributed by atoms with Gasteiger partial charge in [0.2, 0.25) is 10.0 Å². The van der Waals surface area contributed by atoms with E-state index in [-0.39, 0.29) is 11.6 Å². The summed E-state index contributed by atoms with van der Waals surface area (Å²) in [6.07, 6.45) is 3.44. The highest BCUT2D eigenvalue weighted by Crippen LogP contribution is 2.16. The lowest BCUT2D eigenvalue weighted by Gasteiger charge is -2.28. The highest BCUT2D eigenvalue weighted by Gasteiger charge is 2.27. The van der Waals surface area contributed by atoms with Crippen LogP contribution < -0.4 is 15.5 Å². The van der Waals surface area contributed by atoms with Crippen LogP contribution in [0.4, 0.5) is 0 Å². The van der Waals surface area contributed by atoms with Gasteiger partial charge in [0, 0.05) is 12.1 Å². The fourth-order valence-corrected chi connectivity index (χ4v) is 3.11.